The number of likely N-dealkylation sites (tertiary alicyclic amines) is 2. The summed E-state index contributed by atoms with van der Waals surface area (Å²) >= 11 is 0. The van der Waals surface area contributed by atoms with E-state index in [1.165, 1.54) is 69.4 Å². The number of aryl methyl sites for hydroxylation is 1. The maximum Gasteiger partial charge on any atom is 0.195 e. The third-order valence-corrected chi connectivity index (χ3v) is 9.41. The van der Waals surface area contributed by atoms with Gasteiger partial charge >= 0.3 is 0 Å². The lowest BCUT2D eigenvalue weighted by Gasteiger charge is -2.40. The number of carbonyl (C=O) groups excluding carboxylic acids is 1. The molecule has 6 rings (SSSR count). The molecular formula is C33H41N3O. The molecule has 0 saturated carbocycles. The number of aromatic amines is 1. The van der Waals surface area contributed by atoms with E-state index in [9.17, 15) is 4.79 Å². The van der Waals surface area contributed by atoms with Gasteiger partial charge in [-0.1, -0.05) is 58.0 Å². The first-order valence-corrected chi connectivity index (χ1v) is 14.4. The number of rotatable bonds is 5. The van der Waals surface area contributed by atoms with Crippen LogP contribution in [0.4, 0.5) is 0 Å². The van der Waals surface area contributed by atoms with E-state index in [4.69, 9.17) is 0 Å². The highest BCUT2D eigenvalue weighted by Gasteiger charge is 2.40. The van der Waals surface area contributed by atoms with E-state index in [2.05, 4.69) is 66.4 Å². The fraction of sp³-hybridized carbons (Fsp3) is 0.485. The molecule has 0 unspecified atom stereocenters. The summed E-state index contributed by atoms with van der Waals surface area (Å²) in [5, 5.41) is 1.02. The first-order chi connectivity index (χ1) is 17.9. The summed E-state index contributed by atoms with van der Waals surface area (Å²) in [4.78, 5) is 23.0. The second-order valence-corrected chi connectivity index (χ2v) is 12.0. The molecule has 3 aromatic rings. The monoisotopic (exact) mass is 495 g/mol. The van der Waals surface area contributed by atoms with Gasteiger partial charge in [-0.25, -0.2) is 0 Å². The molecule has 0 radical (unpaired) electrons. The number of carbonyl (C=O) groups is 1. The van der Waals surface area contributed by atoms with E-state index in [1.807, 2.05) is 12.1 Å². The fourth-order valence-electron chi connectivity index (χ4n) is 7.15. The lowest BCUT2D eigenvalue weighted by Crippen LogP contribution is -2.46. The van der Waals surface area contributed by atoms with Gasteiger partial charge in [-0.3, -0.25) is 9.69 Å². The number of nitrogens with one attached hydrogen (secondary N) is 1. The summed E-state index contributed by atoms with van der Waals surface area (Å²) in [6, 6.07) is 11.6. The quantitative estimate of drug-likeness (QED) is 0.428. The maximum atomic E-state index is 13.9. The minimum absolute atomic E-state index is 0.158. The smallest absolute Gasteiger partial charge is 0.195 e. The van der Waals surface area contributed by atoms with Crippen LogP contribution in [0, 0.1) is 0 Å². The summed E-state index contributed by atoms with van der Waals surface area (Å²) in [6.45, 7) is 16.6. The van der Waals surface area contributed by atoms with Crippen LogP contribution in [0.25, 0.3) is 17.0 Å². The van der Waals surface area contributed by atoms with Gasteiger partial charge in [0.2, 0.25) is 0 Å². The van der Waals surface area contributed by atoms with E-state index in [0.29, 0.717) is 0 Å². The molecule has 4 nitrogen and oxygen atoms in total. The van der Waals surface area contributed by atoms with Gasteiger partial charge in [0.25, 0.3) is 0 Å². The first kappa shape index (κ1) is 24.6. The second-order valence-electron chi connectivity index (χ2n) is 12.0. The fourth-order valence-corrected chi connectivity index (χ4v) is 7.15. The van der Waals surface area contributed by atoms with Crippen molar-refractivity contribution >= 4 is 22.8 Å². The van der Waals surface area contributed by atoms with Crippen LogP contribution in [0.1, 0.15) is 96.7 Å². The summed E-state index contributed by atoms with van der Waals surface area (Å²) in [6.07, 6.45) is 9.51. The molecule has 2 aromatic carbocycles. The van der Waals surface area contributed by atoms with Crippen LogP contribution in [0.3, 0.4) is 0 Å². The van der Waals surface area contributed by atoms with Crippen LogP contribution in [0.15, 0.2) is 36.9 Å². The lowest BCUT2D eigenvalue weighted by atomic mass is 9.70. The van der Waals surface area contributed by atoms with Crippen LogP contribution in [0.2, 0.25) is 0 Å². The van der Waals surface area contributed by atoms with Crippen molar-refractivity contribution in [2.75, 3.05) is 26.2 Å². The molecule has 1 N–H and O–H groups in total. The number of nitrogens with zero attached hydrogens (tertiary/aromatic N) is 2. The average Bonchev–Trinajstić information content (AvgIpc) is 3.33. The van der Waals surface area contributed by atoms with Gasteiger partial charge in [0.1, 0.15) is 0 Å². The Morgan fingerprint density at radius 3 is 2.49 bits per heavy atom. The van der Waals surface area contributed by atoms with Crippen LogP contribution in [-0.4, -0.2) is 52.8 Å². The molecule has 0 spiro atoms. The topological polar surface area (TPSA) is 39.3 Å². The number of piperidine rings is 2. The zero-order valence-electron chi connectivity index (χ0n) is 22.8. The molecule has 194 valence electrons. The van der Waals surface area contributed by atoms with Gasteiger partial charge in [0.05, 0.1) is 5.56 Å². The zero-order valence-corrected chi connectivity index (χ0v) is 22.8. The predicted molar refractivity (Wildman–Crippen MR) is 153 cm³/mol. The number of aromatic nitrogens is 1. The molecule has 1 aromatic heterocycles. The predicted octanol–water partition coefficient (Wildman–Crippen LogP) is 6.69. The van der Waals surface area contributed by atoms with Crippen molar-refractivity contribution in [1.82, 2.24) is 14.8 Å². The zero-order chi connectivity index (χ0) is 25.7. The molecule has 0 atom stereocenters. The Kier molecular flexibility index (Phi) is 6.37. The van der Waals surface area contributed by atoms with E-state index in [1.54, 1.807) is 0 Å². The molecule has 0 amide bonds. The van der Waals surface area contributed by atoms with Crippen molar-refractivity contribution in [1.29, 1.82) is 0 Å². The third kappa shape index (κ3) is 4.19. The van der Waals surface area contributed by atoms with E-state index in [-0.39, 0.29) is 11.2 Å². The van der Waals surface area contributed by atoms with Crippen molar-refractivity contribution in [3.05, 3.63) is 76.0 Å². The number of benzene rings is 2. The van der Waals surface area contributed by atoms with Crippen LogP contribution >= 0.6 is 0 Å². The van der Waals surface area contributed by atoms with E-state index < -0.39 is 0 Å². The molecule has 0 bridgehead atoms. The number of hydrogen-bond donors (Lipinski definition) is 1. The largest absolute Gasteiger partial charge is 0.357 e. The van der Waals surface area contributed by atoms with Crippen molar-refractivity contribution < 1.29 is 4.79 Å². The van der Waals surface area contributed by atoms with Crippen LogP contribution < -0.4 is 0 Å². The summed E-state index contributed by atoms with van der Waals surface area (Å²) in [5.41, 5.74) is 8.46. The van der Waals surface area contributed by atoms with E-state index >= 15 is 0 Å². The Labute approximate surface area is 221 Å². The molecule has 2 fully saturated rings. The van der Waals surface area contributed by atoms with Gasteiger partial charge in [-0.15, -0.1) is 0 Å². The molecule has 3 heterocycles. The Hall–Kier alpha value is -2.69. The number of ketones is 1. The summed E-state index contributed by atoms with van der Waals surface area (Å²) in [7, 11) is 0. The van der Waals surface area contributed by atoms with Crippen molar-refractivity contribution in [3.63, 3.8) is 0 Å². The minimum atomic E-state index is -0.270. The van der Waals surface area contributed by atoms with Gasteiger partial charge in [0, 0.05) is 40.2 Å². The molecule has 1 aliphatic carbocycles. The molecule has 3 aliphatic rings. The maximum absolute atomic E-state index is 13.9. The first-order valence-electron chi connectivity index (χ1n) is 14.4. The Morgan fingerprint density at radius 2 is 1.78 bits per heavy atom. The molecule has 37 heavy (non-hydrogen) atoms. The van der Waals surface area contributed by atoms with Crippen LogP contribution in [-0.2, 0) is 18.4 Å². The highest BCUT2D eigenvalue weighted by atomic mass is 16.1. The average molecular weight is 496 g/mol. The summed E-state index contributed by atoms with van der Waals surface area (Å²) < 4.78 is 0. The van der Waals surface area contributed by atoms with E-state index in [0.717, 1.165) is 57.9 Å². The Balaban J connectivity index is 1.30. The molecule has 2 saturated heterocycles. The number of H-pyrrole nitrogens is 1. The van der Waals surface area contributed by atoms with Gasteiger partial charge in [-0.2, -0.15) is 0 Å². The van der Waals surface area contributed by atoms with Gasteiger partial charge in [0.15, 0.2) is 5.78 Å². The highest BCUT2D eigenvalue weighted by Crippen LogP contribution is 2.44. The second kappa shape index (κ2) is 9.56. The third-order valence-electron chi connectivity index (χ3n) is 9.41. The summed E-state index contributed by atoms with van der Waals surface area (Å²) in [5.74, 6) is 0.158. The molecular weight excluding hydrogens is 454 g/mol. The Morgan fingerprint density at radius 1 is 1.03 bits per heavy atom. The molecule has 2 aliphatic heterocycles. The van der Waals surface area contributed by atoms with Crippen molar-refractivity contribution in [2.24, 2.45) is 0 Å². The minimum Gasteiger partial charge on any atom is -0.357 e. The van der Waals surface area contributed by atoms with Gasteiger partial charge < -0.3 is 9.88 Å². The number of hydrogen-bond acceptors (Lipinski definition) is 3. The number of fused-ring (bicyclic) bond motifs is 4. The Bertz CT molecular complexity index is 1350. The van der Waals surface area contributed by atoms with Gasteiger partial charge in [-0.05, 0) is 92.7 Å². The standard InChI is InChI=1S/C33H41N3O/c1-5-22-10-11-26-29(18-22)34-32-30(26)31(37)27-19-23(6-2)24(20-28(27)33(32,3)4)21-35-16-12-25(13-17-35)36-14-8-7-9-15-36/h5,10-11,18-20,25,34H,1,6-9,12-17,21H2,2-4H3. The highest BCUT2D eigenvalue weighted by molar-refractivity contribution is 6.20. The SMILES string of the molecule is C=Cc1ccc2c3c([nH]c2c1)C(C)(C)c1cc(CN2CCC(N4CCCCC4)CC2)c(CC)cc1C3=O. The van der Waals surface area contributed by atoms with Crippen molar-refractivity contribution in [2.45, 2.75) is 77.3 Å². The lowest BCUT2D eigenvalue weighted by molar-refractivity contribution is 0.0895. The van der Waals surface area contributed by atoms with Crippen LogP contribution in [0.5, 0.6) is 0 Å². The van der Waals surface area contributed by atoms with Crippen molar-refractivity contribution in [3.8, 4) is 0 Å². The normalized spacial score (nSPS) is 20.7. The molecule has 4 heteroatoms.